The Morgan fingerprint density at radius 1 is 1.23 bits per heavy atom. The van der Waals surface area contributed by atoms with E-state index < -0.39 is 37.9 Å². The maximum absolute atomic E-state index is 13.2. The third kappa shape index (κ3) is 6.49. The summed E-state index contributed by atoms with van der Waals surface area (Å²) in [4.78, 5) is 23.4. The van der Waals surface area contributed by atoms with Gasteiger partial charge >= 0.3 is 5.97 Å². The van der Waals surface area contributed by atoms with Crippen LogP contribution in [0.25, 0.3) is 0 Å². The van der Waals surface area contributed by atoms with E-state index in [0.717, 1.165) is 12.1 Å². The molecule has 0 aliphatic heterocycles. The number of carboxylic acids is 1. The molecule has 0 unspecified atom stereocenters. The fraction of sp³-hybridized carbons (Fsp3) is 0.556. The van der Waals surface area contributed by atoms with E-state index in [4.69, 9.17) is 4.43 Å². The van der Waals surface area contributed by atoms with Gasteiger partial charge in [-0.15, -0.1) is 0 Å². The summed E-state index contributed by atoms with van der Waals surface area (Å²) < 4.78 is 32.0. The standard InChI is InChI=1S/C18H27F2NO4Si/c1-18(2,3)26(4,5)25-9-8-15(17(23)24)21-16(22)11-12-6-7-13(19)14(20)10-12/h6-7,10,15H,8-9,11H2,1-5H3,(H,21,22)(H,23,24)/t15-/m0/s1. The van der Waals surface area contributed by atoms with Crippen LogP contribution in [0.15, 0.2) is 18.2 Å². The SMILES string of the molecule is CC(C)(C)[Si](C)(C)OCC[C@H](NC(=O)Cc1ccc(F)c(F)c1)C(=O)O. The van der Waals surface area contributed by atoms with Crippen LogP contribution in [0.1, 0.15) is 32.8 Å². The van der Waals surface area contributed by atoms with Crippen molar-refractivity contribution < 1.29 is 27.9 Å². The van der Waals surface area contributed by atoms with Gasteiger partial charge in [0.1, 0.15) is 6.04 Å². The number of hydrogen-bond acceptors (Lipinski definition) is 3. The van der Waals surface area contributed by atoms with E-state index in [1.54, 1.807) is 0 Å². The van der Waals surface area contributed by atoms with Crippen molar-refractivity contribution in [3.8, 4) is 0 Å². The van der Waals surface area contributed by atoms with Crippen molar-refractivity contribution >= 4 is 20.2 Å². The van der Waals surface area contributed by atoms with Gasteiger partial charge < -0.3 is 14.8 Å². The topological polar surface area (TPSA) is 75.6 Å². The zero-order chi connectivity index (χ0) is 20.1. The molecule has 0 radical (unpaired) electrons. The summed E-state index contributed by atoms with van der Waals surface area (Å²) in [6, 6.07) is 2.04. The second-order valence-corrected chi connectivity index (χ2v) is 12.6. The minimum atomic E-state index is -2.00. The molecule has 0 saturated heterocycles. The molecule has 26 heavy (non-hydrogen) atoms. The Labute approximate surface area is 153 Å². The normalized spacial score (nSPS) is 13.3. The van der Waals surface area contributed by atoms with Gasteiger partial charge in [-0.1, -0.05) is 26.8 Å². The highest BCUT2D eigenvalue weighted by Gasteiger charge is 2.37. The molecule has 1 amide bonds. The van der Waals surface area contributed by atoms with Crippen molar-refractivity contribution in [1.29, 1.82) is 0 Å². The van der Waals surface area contributed by atoms with Crippen LogP contribution in [0.3, 0.4) is 0 Å². The van der Waals surface area contributed by atoms with Crippen molar-refractivity contribution in [2.75, 3.05) is 6.61 Å². The van der Waals surface area contributed by atoms with Gasteiger partial charge in [-0.3, -0.25) is 4.79 Å². The van der Waals surface area contributed by atoms with Gasteiger partial charge in [-0.2, -0.15) is 0 Å². The molecule has 1 aromatic rings. The van der Waals surface area contributed by atoms with E-state index in [9.17, 15) is 23.5 Å². The maximum atomic E-state index is 13.2. The molecule has 5 nitrogen and oxygen atoms in total. The molecule has 0 aliphatic carbocycles. The number of nitrogens with one attached hydrogen (secondary N) is 1. The largest absolute Gasteiger partial charge is 0.480 e. The highest BCUT2D eigenvalue weighted by Crippen LogP contribution is 2.36. The highest BCUT2D eigenvalue weighted by atomic mass is 28.4. The van der Waals surface area contributed by atoms with Crippen LogP contribution < -0.4 is 5.32 Å². The molecule has 8 heteroatoms. The quantitative estimate of drug-likeness (QED) is 0.670. The lowest BCUT2D eigenvalue weighted by Gasteiger charge is -2.36. The van der Waals surface area contributed by atoms with Crippen LogP contribution >= 0.6 is 0 Å². The summed E-state index contributed by atoms with van der Waals surface area (Å²) in [6.07, 6.45) is -0.102. The number of carbonyl (C=O) groups excluding carboxylic acids is 1. The van der Waals surface area contributed by atoms with Gasteiger partial charge in [0, 0.05) is 13.0 Å². The lowest BCUT2D eigenvalue weighted by molar-refractivity contribution is -0.142. The Morgan fingerprint density at radius 2 is 1.85 bits per heavy atom. The fourth-order valence-electron chi connectivity index (χ4n) is 1.99. The van der Waals surface area contributed by atoms with E-state index in [-0.39, 0.29) is 30.1 Å². The molecule has 0 fully saturated rings. The number of carboxylic acid groups (broad SMARTS) is 1. The van der Waals surface area contributed by atoms with E-state index in [2.05, 4.69) is 39.2 Å². The highest BCUT2D eigenvalue weighted by molar-refractivity contribution is 6.74. The maximum Gasteiger partial charge on any atom is 0.326 e. The molecule has 0 aliphatic rings. The summed E-state index contributed by atoms with van der Waals surface area (Å²) in [7, 11) is -2.00. The minimum absolute atomic E-state index is 0.00161. The first-order valence-corrected chi connectivity index (χ1v) is 11.3. The molecule has 1 aromatic carbocycles. The fourth-order valence-corrected chi connectivity index (χ4v) is 3.05. The third-order valence-electron chi connectivity index (χ3n) is 4.66. The number of rotatable bonds is 8. The van der Waals surface area contributed by atoms with Gasteiger partial charge in [-0.05, 0) is 35.8 Å². The molecular formula is C18H27F2NO4Si. The van der Waals surface area contributed by atoms with Gasteiger partial charge in [0.2, 0.25) is 5.91 Å². The molecule has 1 atom stereocenters. The van der Waals surface area contributed by atoms with Gasteiger partial charge in [0.25, 0.3) is 0 Å². The van der Waals surface area contributed by atoms with Crippen LogP contribution in [0, 0.1) is 11.6 Å². The van der Waals surface area contributed by atoms with Crippen molar-refractivity contribution in [3.63, 3.8) is 0 Å². The zero-order valence-electron chi connectivity index (χ0n) is 15.9. The summed E-state index contributed by atoms with van der Waals surface area (Å²) in [6.45, 7) is 10.6. The Kier molecular flexibility index (Phi) is 7.46. The third-order valence-corrected chi connectivity index (χ3v) is 9.20. The second-order valence-electron chi connectivity index (χ2n) is 7.78. The first kappa shape index (κ1) is 22.2. The summed E-state index contributed by atoms with van der Waals surface area (Å²) in [5.41, 5.74) is 0.267. The van der Waals surface area contributed by atoms with Crippen molar-refractivity contribution in [1.82, 2.24) is 5.32 Å². The number of amides is 1. The monoisotopic (exact) mass is 387 g/mol. The second kappa shape index (κ2) is 8.72. The molecule has 0 spiro atoms. The summed E-state index contributed by atoms with van der Waals surface area (Å²) in [5, 5.41) is 11.7. The number of benzene rings is 1. The molecule has 0 aromatic heterocycles. The van der Waals surface area contributed by atoms with Crippen LogP contribution in [0.5, 0.6) is 0 Å². The molecule has 0 heterocycles. The van der Waals surface area contributed by atoms with Crippen molar-refractivity contribution in [3.05, 3.63) is 35.4 Å². The Morgan fingerprint density at radius 3 is 2.35 bits per heavy atom. The predicted molar refractivity (Wildman–Crippen MR) is 97.4 cm³/mol. The van der Waals surface area contributed by atoms with Crippen LogP contribution in [0.4, 0.5) is 8.78 Å². The number of hydrogen-bond donors (Lipinski definition) is 2. The van der Waals surface area contributed by atoms with E-state index in [1.165, 1.54) is 6.07 Å². The molecule has 146 valence electrons. The minimum Gasteiger partial charge on any atom is -0.480 e. The van der Waals surface area contributed by atoms with Crippen LogP contribution in [-0.2, 0) is 20.4 Å². The molecule has 2 N–H and O–H groups in total. The van der Waals surface area contributed by atoms with Gasteiger partial charge in [-0.25, -0.2) is 13.6 Å². The number of carbonyl (C=O) groups is 2. The van der Waals surface area contributed by atoms with Crippen LogP contribution in [0.2, 0.25) is 18.1 Å². The molecule has 1 rings (SSSR count). The average Bonchev–Trinajstić information content (AvgIpc) is 2.48. The Bertz CT molecular complexity index is 659. The van der Waals surface area contributed by atoms with E-state index in [0.29, 0.717) is 0 Å². The van der Waals surface area contributed by atoms with Crippen molar-refractivity contribution in [2.45, 2.75) is 57.8 Å². The Hall–Kier alpha value is -1.80. The Balaban J connectivity index is 2.60. The van der Waals surface area contributed by atoms with Crippen LogP contribution in [-0.4, -0.2) is 37.9 Å². The smallest absolute Gasteiger partial charge is 0.326 e. The molecule has 0 bridgehead atoms. The summed E-state index contributed by atoms with van der Waals surface area (Å²) in [5.74, 6) is -3.79. The average molecular weight is 387 g/mol. The zero-order valence-corrected chi connectivity index (χ0v) is 16.9. The first-order chi connectivity index (χ1) is 11.8. The van der Waals surface area contributed by atoms with Gasteiger partial charge in [0.15, 0.2) is 20.0 Å². The van der Waals surface area contributed by atoms with E-state index >= 15 is 0 Å². The molecule has 0 saturated carbocycles. The van der Waals surface area contributed by atoms with E-state index in [1.807, 2.05) is 0 Å². The summed E-state index contributed by atoms with van der Waals surface area (Å²) >= 11 is 0. The van der Waals surface area contributed by atoms with Gasteiger partial charge in [0.05, 0.1) is 6.42 Å². The first-order valence-electron chi connectivity index (χ1n) is 8.43. The molecular weight excluding hydrogens is 360 g/mol. The number of aliphatic carboxylic acids is 1. The van der Waals surface area contributed by atoms with Crippen molar-refractivity contribution in [2.24, 2.45) is 0 Å². The lowest BCUT2D eigenvalue weighted by atomic mass is 10.1. The predicted octanol–water partition coefficient (Wildman–Crippen LogP) is 3.49. The number of halogens is 2. The lowest BCUT2D eigenvalue weighted by Crippen LogP contribution is -2.45.